The van der Waals surface area contributed by atoms with Gasteiger partial charge in [0, 0.05) is 25.4 Å². The van der Waals surface area contributed by atoms with Gasteiger partial charge in [-0.15, -0.1) is 3.89 Å². The number of likely N-dealkylation sites (tertiary alicyclic amines) is 1. The Balaban J connectivity index is 1.92. The van der Waals surface area contributed by atoms with Gasteiger partial charge >= 0.3 is 10.2 Å². The molecule has 0 N–H and O–H groups in total. The van der Waals surface area contributed by atoms with Crippen molar-refractivity contribution in [1.82, 2.24) is 4.90 Å². The zero-order chi connectivity index (χ0) is 14.0. The van der Waals surface area contributed by atoms with Crippen molar-refractivity contribution in [3.63, 3.8) is 0 Å². The summed E-state index contributed by atoms with van der Waals surface area (Å²) in [5, 5.41) is -1.22. The first-order chi connectivity index (χ1) is 8.88. The van der Waals surface area contributed by atoms with Crippen LogP contribution in [-0.2, 0) is 21.4 Å². The third kappa shape index (κ3) is 3.34. The van der Waals surface area contributed by atoms with E-state index < -0.39 is 15.5 Å². The lowest BCUT2D eigenvalue weighted by molar-refractivity contribution is -0.129. The first-order valence-electron chi connectivity index (χ1n) is 6.13. The van der Waals surface area contributed by atoms with E-state index in [-0.39, 0.29) is 24.9 Å². The number of nitrogens with zero attached hydrogens (tertiary/aromatic N) is 1. The van der Waals surface area contributed by atoms with Crippen molar-refractivity contribution in [2.75, 3.05) is 6.54 Å². The van der Waals surface area contributed by atoms with Crippen LogP contribution < -0.4 is 0 Å². The SMILES string of the molecule is CC(CCc1ccco1)N1CC(S(=O)(=O)F)CC1=O. The van der Waals surface area contributed by atoms with Gasteiger partial charge in [0.1, 0.15) is 11.0 Å². The van der Waals surface area contributed by atoms with E-state index in [1.165, 1.54) is 4.90 Å². The number of furan rings is 1. The number of carbonyl (C=O) groups excluding carboxylic acids is 1. The molecule has 1 saturated heterocycles. The van der Waals surface area contributed by atoms with Crippen LogP contribution in [0, 0.1) is 0 Å². The van der Waals surface area contributed by atoms with Crippen LogP contribution >= 0.6 is 0 Å². The second-order valence-corrected chi connectivity index (χ2v) is 6.43. The van der Waals surface area contributed by atoms with Gasteiger partial charge in [0.25, 0.3) is 0 Å². The predicted molar refractivity (Wildman–Crippen MR) is 66.6 cm³/mol. The first kappa shape index (κ1) is 14.0. The Labute approximate surface area is 111 Å². The Morgan fingerprint density at radius 1 is 1.58 bits per heavy atom. The summed E-state index contributed by atoms with van der Waals surface area (Å²) in [6.45, 7) is 1.77. The second kappa shape index (κ2) is 5.32. The molecule has 1 fully saturated rings. The minimum Gasteiger partial charge on any atom is -0.469 e. The maximum atomic E-state index is 12.9. The molecule has 1 aliphatic heterocycles. The molecule has 0 aliphatic carbocycles. The maximum absolute atomic E-state index is 12.9. The van der Waals surface area contributed by atoms with Crippen LogP contribution in [0.1, 0.15) is 25.5 Å². The molecule has 2 atom stereocenters. The van der Waals surface area contributed by atoms with Gasteiger partial charge in [0.05, 0.1) is 6.26 Å². The molecular weight excluding hydrogens is 273 g/mol. The molecule has 0 bridgehead atoms. The number of hydrogen-bond donors (Lipinski definition) is 0. The lowest BCUT2D eigenvalue weighted by atomic mass is 10.1. The van der Waals surface area contributed by atoms with Crippen molar-refractivity contribution >= 4 is 16.1 Å². The molecule has 2 rings (SSSR count). The minimum absolute atomic E-state index is 0.0585. The average molecular weight is 289 g/mol. The van der Waals surface area contributed by atoms with E-state index in [0.717, 1.165) is 5.76 Å². The summed E-state index contributed by atoms with van der Waals surface area (Å²) in [7, 11) is -4.64. The fraction of sp³-hybridized carbons (Fsp3) is 0.583. The fourth-order valence-electron chi connectivity index (χ4n) is 2.27. The number of hydrogen-bond acceptors (Lipinski definition) is 4. The quantitative estimate of drug-likeness (QED) is 0.770. The van der Waals surface area contributed by atoms with Crippen LogP contribution in [0.25, 0.3) is 0 Å². The van der Waals surface area contributed by atoms with Crippen molar-refractivity contribution in [1.29, 1.82) is 0 Å². The van der Waals surface area contributed by atoms with Crippen molar-refractivity contribution in [2.24, 2.45) is 0 Å². The number of amides is 1. The first-order valence-corrected chi connectivity index (χ1v) is 7.58. The monoisotopic (exact) mass is 289 g/mol. The van der Waals surface area contributed by atoms with Gasteiger partial charge in [-0.05, 0) is 25.5 Å². The van der Waals surface area contributed by atoms with E-state index in [4.69, 9.17) is 4.42 Å². The van der Waals surface area contributed by atoms with Gasteiger partial charge in [-0.25, -0.2) is 0 Å². The number of carbonyl (C=O) groups is 1. The summed E-state index contributed by atoms with van der Waals surface area (Å²) in [5.41, 5.74) is 0. The molecule has 5 nitrogen and oxygen atoms in total. The van der Waals surface area contributed by atoms with Crippen molar-refractivity contribution in [3.8, 4) is 0 Å². The molecule has 1 aromatic heterocycles. The Bertz CT molecular complexity index is 540. The van der Waals surface area contributed by atoms with Crippen LogP contribution in [0.3, 0.4) is 0 Å². The van der Waals surface area contributed by atoms with Crippen LogP contribution in [0.2, 0.25) is 0 Å². The Morgan fingerprint density at radius 2 is 2.32 bits per heavy atom. The molecular formula is C12H16FNO4S. The van der Waals surface area contributed by atoms with E-state index >= 15 is 0 Å². The third-order valence-electron chi connectivity index (χ3n) is 3.44. The van der Waals surface area contributed by atoms with Gasteiger partial charge in [-0.1, -0.05) is 0 Å². The highest BCUT2D eigenvalue weighted by atomic mass is 32.3. The highest BCUT2D eigenvalue weighted by molar-refractivity contribution is 7.87. The molecule has 0 aromatic carbocycles. The zero-order valence-corrected chi connectivity index (χ0v) is 11.4. The zero-order valence-electron chi connectivity index (χ0n) is 10.6. The van der Waals surface area contributed by atoms with Gasteiger partial charge < -0.3 is 9.32 Å². The molecule has 7 heteroatoms. The molecule has 1 amide bonds. The normalized spacial score (nSPS) is 21.9. The van der Waals surface area contributed by atoms with E-state index in [1.54, 1.807) is 12.3 Å². The highest BCUT2D eigenvalue weighted by Crippen LogP contribution is 2.23. The van der Waals surface area contributed by atoms with Crippen LogP contribution in [0.5, 0.6) is 0 Å². The van der Waals surface area contributed by atoms with Crippen molar-refractivity contribution in [3.05, 3.63) is 24.2 Å². The molecule has 1 aromatic rings. The molecule has 19 heavy (non-hydrogen) atoms. The molecule has 0 spiro atoms. The molecule has 2 heterocycles. The topological polar surface area (TPSA) is 67.6 Å². The average Bonchev–Trinajstić information content (AvgIpc) is 2.93. The van der Waals surface area contributed by atoms with Crippen LogP contribution in [-0.4, -0.2) is 37.1 Å². The van der Waals surface area contributed by atoms with Crippen LogP contribution in [0.4, 0.5) is 3.89 Å². The van der Waals surface area contributed by atoms with Crippen molar-refractivity contribution < 1.29 is 21.5 Å². The lowest BCUT2D eigenvalue weighted by Gasteiger charge is -2.24. The Hall–Kier alpha value is -1.37. The Morgan fingerprint density at radius 3 is 2.84 bits per heavy atom. The number of halogens is 1. The lowest BCUT2D eigenvalue weighted by Crippen LogP contribution is -2.35. The summed E-state index contributed by atoms with van der Waals surface area (Å²) < 4.78 is 39.7. The van der Waals surface area contributed by atoms with Gasteiger partial charge in [-0.3, -0.25) is 4.79 Å². The molecule has 106 valence electrons. The fourth-order valence-corrected chi connectivity index (χ4v) is 2.95. The minimum atomic E-state index is -4.64. The largest absolute Gasteiger partial charge is 0.469 e. The predicted octanol–water partition coefficient (Wildman–Crippen LogP) is 1.50. The van der Waals surface area contributed by atoms with Crippen LogP contribution in [0.15, 0.2) is 22.8 Å². The van der Waals surface area contributed by atoms with E-state index in [2.05, 4.69) is 0 Å². The number of rotatable bonds is 5. The Kier molecular flexibility index (Phi) is 3.93. The van der Waals surface area contributed by atoms with E-state index in [9.17, 15) is 17.1 Å². The summed E-state index contributed by atoms with van der Waals surface area (Å²) in [6, 6.07) is 3.49. The summed E-state index contributed by atoms with van der Waals surface area (Å²) in [6.07, 6.45) is 2.62. The maximum Gasteiger partial charge on any atom is 0.307 e. The van der Waals surface area contributed by atoms with Gasteiger partial charge in [0.2, 0.25) is 5.91 Å². The standard InChI is InChI=1S/C12H16FNO4S/c1-9(4-5-10-3-2-6-18-10)14-8-11(7-12(14)15)19(13,16)17/h2-3,6,9,11H,4-5,7-8H2,1H3. The highest BCUT2D eigenvalue weighted by Gasteiger charge is 2.39. The van der Waals surface area contributed by atoms with Gasteiger partial charge in [-0.2, -0.15) is 8.42 Å². The summed E-state index contributed by atoms with van der Waals surface area (Å²) >= 11 is 0. The molecule has 0 saturated carbocycles. The molecule has 1 aliphatic rings. The van der Waals surface area contributed by atoms with E-state index in [1.807, 2.05) is 13.0 Å². The smallest absolute Gasteiger partial charge is 0.307 e. The van der Waals surface area contributed by atoms with Crippen molar-refractivity contribution in [2.45, 2.75) is 37.5 Å². The van der Waals surface area contributed by atoms with E-state index in [0.29, 0.717) is 12.8 Å². The summed E-state index contributed by atoms with van der Waals surface area (Å²) in [4.78, 5) is 13.1. The number of aryl methyl sites for hydroxylation is 1. The van der Waals surface area contributed by atoms with Gasteiger partial charge in [0.15, 0.2) is 0 Å². The third-order valence-corrected chi connectivity index (χ3v) is 4.55. The summed E-state index contributed by atoms with van der Waals surface area (Å²) in [5.74, 6) is 0.506. The molecule has 2 unspecified atom stereocenters. The second-order valence-electron chi connectivity index (χ2n) is 4.81. The molecule has 0 radical (unpaired) electrons.